The highest BCUT2D eigenvalue weighted by Crippen LogP contribution is 2.29. The van der Waals surface area contributed by atoms with Crippen molar-refractivity contribution in [1.29, 1.82) is 0 Å². The van der Waals surface area contributed by atoms with Crippen LogP contribution in [0.5, 0.6) is 0 Å². The van der Waals surface area contributed by atoms with Gasteiger partial charge in [-0.3, -0.25) is 0 Å². The summed E-state index contributed by atoms with van der Waals surface area (Å²) in [6.45, 7) is 0. The van der Waals surface area contributed by atoms with E-state index < -0.39 is 0 Å². The highest BCUT2D eigenvalue weighted by atomic mass is 16.3. The number of rotatable bonds is 1. The van der Waals surface area contributed by atoms with Gasteiger partial charge in [-0.2, -0.15) is 0 Å². The Balaban J connectivity index is 2.45. The van der Waals surface area contributed by atoms with Crippen molar-refractivity contribution in [1.82, 2.24) is 0 Å². The van der Waals surface area contributed by atoms with Crippen molar-refractivity contribution in [2.24, 2.45) is 0 Å². The highest BCUT2D eigenvalue weighted by Gasteiger charge is 2.13. The standard InChI is InChI=1S/C13H17NO/c1-14(2)11-7-8-12-10(9-11)5-3-4-6-13(12)15/h3,5,7-9,13,15H,4,6H2,1-2H3. The Morgan fingerprint density at radius 3 is 2.87 bits per heavy atom. The fourth-order valence-electron chi connectivity index (χ4n) is 1.91. The van der Waals surface area contributed by atoms with Crippen molar-refractivity contribution in [2.45, 2.75) is 18.9 Å². The van der Waals surface area contributed by atoms with Gasteiger partial charge in [0, 0.05) is 19.8 Å². The molecular weight excluding hydrogens is 186 g/mol. The molecule has 80 valence electrons. The van der Waals surface area contributed by atoms with Gasteiger partial charge in [-0.15, -0.1) is 0 Å². The van der Waals surface area contributed by atoms with Gasteiger partial charge in [-0.1, -0.05) is 18.2 Å². The molecule has 0 aliphatic heterocycles. The van der Waals surface area contributed by atoms with Crippen LogP contribution in [0.15, 0.2) is 24.3 Å². The second kappa shape index (κ2) is 4.07. The van der Waals surface area contributed by atoms with Crippen LogP contribution < -0.4 is 4.90 Å². The number of anilines is 1. The molecule has 2 heteroatoms. The first-order chi connectivity index (χ1) is 7.18. The summed E-state index contributed by atoms with van der Waals surface area (Å²) < 4.78 is 0. The first-order valence-electron chi connectivity index (χ1n) is 5.34. The van der Waals surface area contributed by atoms with Gasteiger partial charge in [0.1, 0.15) is 0 Å². The number of benzene rings is 1. The van der Waals surface area contributed by atoms with Crippen LogP contribution in [0, 0.1) is 0 Å². The topological polar surface area (TPSA) is 23.5 Å². The molecule has 0 fully saturated rings. The first kappa shape index (κ1) is 10.2. The third-order valence-electron chi connectivity index (χ3n) is 2.85. The number of allylic oxidation sites excluding steroid dienone is 1. The maximum atomic E-state index is 9.92. The molecule has 0 aromatic heterocycles. The number of hydrogen-bond acceptors (Lipinski definition) is 2. The highest BCUT2D eigenvalue weighted by molar-refractivity contribution is 5.62. The number of nitrogens with zero attached hydrogens (tertiary/aromatic N) is 1. The second-order valence-corrected chi connectivity index (χ2v) is 4.20. The number of aliphatic hydroxyl groups is 1. The molecule has 2 nitrogen and oxygen atoms in total. The van der Waals surface area contributed by atoms with Crippen molar-refractivity contribution >= 4 is 11.8 Å². The summed E-state index contributed by atoms with van der Waals surface area (Å²) in [5.74, 6) is 0. The minimum Gasteiger partial charge on any atom is -0.388 e. The summed E-state index contributed by atoms with van der Waals surface area (Å²) in [4.78, 5) is 2.07. The Kier molecular flexibility index (Phi) is 2.78. The second-order valence-electron chi connectivity index (χ2n) is 4.20. The molecule has 1 N–H and O–H groups in total. The predicted molar refractivity (Wildman–Crippen MR) is 64.0 cm³/mol. The maximum Gasteiger partial charge on any atom is 0.0798 e. The third kappa shape index (κ3) is 2.05. The molecule has 0 amide bonds. The van der Waals surface area contributed by atoms with Crippen molar-refractivity contribution < 1.29 is 5.11 Å². The summed E-state index contributed by atoms with van der Waals surface area (Å²) in [5, 5.41) is 9.92. The van der Waals surface area contributed by atoms with Crippen molar-refractivity contribution in [3.63, 3.8) is 0 Å². The number of hydrogen-bond donors (Lipinski definition) is 1. The molecule has 0 spiro atoms. The minimum absolute atomic E-state index is 0.314. The van der Waals surface area contributed by atoms with Crippen LogP contribution in [-0.4, -0.2) is 19.2 Å². The molecule has 1 aliphatic rings. The van der Waals surface area contributed by atoms with E-state index in [0.29, 0.717) is 0 Å². The predicted octanol–water partition coefficient (Wildman–Crippen LogP) is 2.59. The number of fused-ring (bicyclic) bond motifs is 1. The van der Waals surface area contributed by atoms with Gasteiger partial charge in [0.15, 0.2) is 0 Å². The summed E-state index contributed by atoms with van der Waals surface area (Å²) in [6, 6.07) is 6.21. The van der Waals surface area contributed by atoms with Crippen LogP contribution in [0.4, 0.5) is 5.69 Å². The van der Waals surface area contributed by atoms with E-state index in [9.17, 15) is 5.11 Å². The summed E-state index contributed by atoms with van der Waals surface area (Å²) in [5.41, 5.74) is 3.37. The molecule has 15 heavy (non-hydrogen) atoms. The molecule has 1 aliphatic carbocycles. The lowest BCUT2D eigenvalue weighted by atomic mass is 10.0. The van der Waals surface area contributed by atoms with Gasteiger partial charge in [0.25, 0.3) is 0 Å². The van der Waals surface area contributed by atoms with Gasteiger partial charge in [-0.25, -0.2) is 0 Å². The molecular formula is C13H17NO. The van der Waals surface area contributed by atoms with Crippen LogP contribution >= 0.6 is 0 Å². The van der Waals surface area contributed by atoms with Gasteiger partial charge < -0.3 is 10.0 Å². The smallest absolute Gasteiger partial charge is 0.0798 e. The lowest BCUT2D eigenvalue weighted by Gasteiger charge is -2.16. The van der Waals surface area contributed by atoms with Crippen molar-refractivity contribution in [3.05, 3.63) is 35.4 Å². The van der Waals surface area contributed by atoms with E-state index in [-0.39, 0.29) is 6.10 Å². The van der Waals surface area contributed by atoms with Crippen molar-refractivity contribution in [3.8, 4) is 0 Å². The minimum atomic E-state index is -0.314. The molecule has 1 unspecified atom stereocenters. The monoisotopic (exact) mass is 203 g/mol. The van der Waals surface area contributed by atoms with Crippen LogP contribution in [0.25, 0.3) is 6.08 Å². The average molecular weight is 203 g/mol. The summed E-state index contributed by atoms with van der Waals surface area (Å²) in [6.07, 6.45) is 5.71. The van der Waals surface area contributed by atoms with E-state index in [4.69, 9.17) is 0 Å². The van der Waals surface area contributed by atoms with E-state index in [2.05, 4.69) is 29.2 Å². The van der Waals surface area contributed by atoms with Crippen LogP contribution in [0.3, 0.4) is 0 Å². The zero-order valence-electron chi connectivity index (χ0n) is 9.27. The van der Waals surface area contributed by atoms with E-state index in [0.717, 1.165) is 24.0 Å². The fourth-order valence-corrected chi connectivity index (χ4v) is 1.91. The molecule has 0 heterocycles. The van der Waals surface area contributed by atoms with Gasteiger partial charge in [0.05, 0.1) is 6.10 Å². The summed E-state index contributed by atoms with van der Waals surface area (Å²) in [7, 11) is 4.05. The van der Waals surface area contributed by atoms with Gasteiger partial charge in [-0.05, 0) is 36.1 Å². The van der Waals surface area contributed by atoms with Gasteiger partial charge >= 0.3 is 0 Å². The molecule has 1 atom stereocenters. The van der Waals surface area contributed by atoms with E-state index in [1.165, 1.54) is 5.69 Å². The Morgan fingerprint density at radius 2 is 2.13 bits per heavy atom. The maximum absolute atomic E-state index is 9.92. The van der Waals surface area contributed by atoms with Crippen molar-refractivity contribution in [2.75, 3.05) is 19.0 Å². The first-order valence-corrected chi connectivity index (χ1v) is 5.34. The Hall–Kier alpha value is -1.28. The number of aliphatic hydroxyl groups excluding tert-OH is 1. The lowest BCUT2D eigenvalue weighted by molar-refractivity contribution is 0.169. The van der Waals surface area contributed by atoms with Crippen LogP contribution in [-0.2, 0) is 0 Å². The molecule has 0 saturated heterocycles. The Morgan fingerprint density at radius 1 is 1.33 bits per heavy atom. The summed E-state index contributed by atoms with van der Waals surface area (Å²) >= 11 is 0. The average Bonchev–Trinajstić information content (AvgIpc) is 2.40. The van der Waals surface area contributed by atoms with E-state index >= 15 is 0 Å². The molecule has 1 aromatic carbocycles. The lowest BCUT2D eigenvalue weighted by Crippen LogP contribution is -2.09. The molecule has 0 saturated carbocycles. The van der Waals surface area contributed by atoms with E-state index in [1.54, 1.807) is 0 Å². The SMILES string of the molecule is CN(C)c1ccc2c(c1)C=CCCC2O. The third-order valence-corrected chi connectivity index (χ3v) is 2.85. The van der Waals surface area contributed by atoms with Crippen LogP contribution in [0.2, 0.25) is 0 Å². The van der Waals surface area contributed by atoms with Gasteiger partial charge in [0.2, 0.25) is 0 Å². The fraction of sp³-hybridized carbons (Fsp3) is 0.385. The van der Waals surface area contributed by atoms with E-state index in [1.807, 2.05) is 20.2 Å². The molecule has 0 bridgehead atoms. The normalized spacial score (nSPS) is 19.5. The molecule has 1 aromatic rings. The Bertz CT molecular complexity index is 382. The quantitative estimate of drug-likeness (QED) is 0.758. The Labute approximate surface area is 90.8 Å². The zero-order chi connectivity index (χ0) is 10.8. The zero-order valence-corrected chi connectivity index (χ0v) is 9.27. The molecule has 2 rings (SSSR count). The van der Waals surface area contributed by atoms with Crippen LogP contribution in [0.1, 0.15) is 30.1 Å². The largest absolute Gasteiger partial charge is 0.388 e. The molecule has 0 radical (unpaired) electrons.